The number of aliphatic carboxylic acids is 2. The van der Waals surface area contributed by atoms with Crippen molar-refractivity contribution >= 4 is 23.8 Å². The van der Waals surface area contributed by atoms with E-state index >= 15 is 0 Å². The number of amides is 1. The minimum absolute atomic E-state index is 0.0955. The standard InChI is InChI=1S/C20H32N2O8/c1-5-13(6-2)30-16-9-12(20(28)29-7-3)8-14(21-11(4)23)18(16)22-15(19(26)27)10-17(24)25/h9,13-16,18,22H,5-8,10H2,1-4H3,(H,21,23)(H,24,25)(H,26,27)/t14-,15?,16-,18+/m0/s1. The number of rotatable bonds is 12. The molecule has 0 heterocycles. The maximum atomic E-state index is 12.3. The first-order chi connectivity index (χ1) is 14.1. The Bertz CT molecular complexity index is 659. The monoisotopic (exact) mass is 428 g/mol. The number of hydrogen-bond acceptors (Lipinski definition) is 7. The normalized spacial score (nSPS) is 22.2. The minimum Gasteiger partial charge on any atom is -0.481 e. The average Bonchev–Trinajstić information content (AvgIpc) is 2.66. The molecular formula is C20H32N2O8. The van der Waals surface area contributed by atoms with Gasteiger partial charge in [0.1, 0.15) is 6.04 Å². The van der Waals surface area contributed by atoms with Gasteiger partial charge in [0.2, 0.25) is 5.91 Å². The summed E-state index contributed by atoms with van der Waals surface area (Å²) >= 11 is 0. The van der Waals surface area contributed by atoms with Crippen LogP contribution in [0.5, 0.6) is 0 Å². The van der Waals surface area contributed by atoms with Crippen LogP contribution in [0.4, 0.5) is 0 Å². The Labute approximate surface area is 176 Å². The molecule has 0 spiro atoms. The lowest BCUT2D eigenvalue weighted by molar-refractivity contribution is -0.146. The summed E-state index contributed by atoms with van der Waals surface area (Å²) in [5.74, 6) is -3.52. The fourth-order valence-electron chi connectivity index (χ4n) is 3.40. The average molecular weight is 428 g/mol. The highest BCUT2D eigenvalue weighted by Crippen LogP contribution is 2.26. The Hall–Kier alpha value is -2.46. The molecule has 0 radical (unpaired) electrons. The van der Waals surface area contributed by atoms with Gasteiger partial charge in [-0.15, -0.1) is 0 Å². The van der Waals surface area contributed by atoms with E-state index < -0.39 is 48.6 Å². The number of carboxylic acid groups (broad SMARTS) is 2. The SMILES string of the molecule is CCOC(=O)C1=C[C@H](OC(CC)CC)[C@H](NC(CC(=O)O)C(=O)O)[C@@H](NC(C)=O)C1. The number of carboxylic acids is 2. The summed E-state index contributed by atoms with van der Waals surface area (Å²) in [5.41, 5.74) is 0.315. The van der Waals surface area contributed by atoms with E-state index in [4.69, 9.17) is 14.6 Å². The molecule has 0 saturated carbocycles. The second-order valence-electron chi connectivity index (χ2n) is 7.14. The highest BCUT2D eigenvalue weighted by Gasteiger charge is 2.40. The summed E-state index contributed by atoms with van der Waals surface area (Å²) in [6.45, 7) is 7.04. The van der Waals surface area contributed by atoms with Gasteiger partial charge in [-0.1, -0.05) is 13.8 Å². The lowest BCUT2D eigenvalue weighted by atomic mass is 9.86. The molecule has 0 aromatic heterocycles. The molecule has 1 amide bonds. The van der Waals surface area contributed by atoms with Crippen LogP contribution in [0.25, 0.3) is 0 Å². The maximum absolute atomic E-state index is 12.3. The Balaban J connectivity index is 3.33. The third kappa shape index (κ3) is 7.75. The van der Waals surface area contributed by atoms with Crippen LogP contribution in [0.1, 0.15) is 53.4 Å². The summed E-state index contributed by atoms with van der Waals surface area (Å²) in [6, 6.07) is -2.84. The number of ether oxygens (including phenoxy) is 2. The highest BCUT2D eigenvalue weighted by molar-refractivity contribution is 5.89. The molecule has 1 aliphatic rings. The van der Waals surface area contributed by atoms with Crippen LogP contribution < -0.4 is 10.6 Å². The van der Waals surface area contributed by atoms with Crippen LogP contribution in [-0.2, 0) is 28.7 Å². The number of carbonyl (C=O) groups excluding carboxylic acids is 2. The van der Waals surface area contributed by atoms with Gasteiger partial charge in [0.05, 0.1) is 37.3 Å². The first-order valence-electron chi connectivity index (χ1n) is 10.1. The van der Waals surface area contributed by atoms with Crippen LogP contribution >= 0.6 is 0 Å². The zero-order valence-electron chi connectivity index (χ0n) is 17.8. The zero-order valence-corrected chi connectivity index (χ0v) is 17.8. The fraction of sp³-hybridized carbons (Fsp3) is 0.700. The topological polar surface area (TPSA) is 151 Å². The van der Waals surface area contributed by atoms with Gasteiger partial charge in [0.15, 0.2) is 0 Å². The van der Waals surface area contributed by atoms with Crippen molar-refractivity contribution in [1.29, 1.82) is 0 Å². The number of nitrogens with one attached hydrogen (secondary N) is 2. The maximum Gasteiger partial charge on any atom is 0.333 e. The lowest BCUT2D eigenvalue weighted by Crippen LogP contribution is -2.61. The van der Waals surface area contributed by atoms with Gasteiger partial charge in [-0.3, -0.25) is 19.7 Å². The molecule has 0 saturated heterocycles. The van der Waals surface area contributed by atoms with E-state index in [2.05, 4.69) is 10.6 Å². The summed E-state index contributed by atoms with van der Waals surface area (Å²) < 4.78 is 11.2. The molecule has 0 aromatic carbocycles. The number of carbonyl (C=O) groups is 4. The number of esters is 1. The molecule has 4 N–H and O–H groups in total. The van der Waals surface area contributed by atoms with Gasteiger partial charge in [-0.2, -0.15) is 0 Å². The van der Waals surface area contributed by atoms with Crippen molar-refractivity contribution in [1.82, 2.24) is 10.6 Å². The van der Waals surface area contributed by atoms with E-state index in [1.165, 1.54) is 6.92 Å². The quantitative estimate of drug-likeness (QED) is 0.331. The zero-order chi connectivity index (χ0) is 22.8. The first-order valence-corrected chi connectivity index (χ1v) is 10.1. The van der Waals surface area contributed by atoms with Crippen LogP contribution in [0.15, 0.2) is 11.6 Å². The fourth-order valence-corrected chi connectivity index (χ4v) is 3.40. The van der Waals surface area contributed by atoms with Crippen molar-refractivity contribution in [2.45, 2.75) is 83.7 Å². The molecular weight excluding hydrogens is 396 g/mol. The van der Waals surface area contributed by atoms with Crippen LogP contribution in [0.2, 0.25) is 0 Å². The van der Waals surface area contributed by atoms with E-state index in [0.29, 0.717) is 18.4 Å². The van der Waals surface area contributed by atoms with Gasteiger partial charge >= 0.3 is 17.9 Å². The summed E-state index contributed by atoms with van der Waals surface area (Å²) in [7, 11) is 0. The van der Waals surface area contributed by atoms with Crippen molar-refractivity contribution in [3.63, 3.8) is 0 Å². The van der Waals surface area contributed by atoms with E-state index in [1.54, 1.807) is 13.0 Å². The Morgan fingerprint density at radius 1 is 1.17 bits per heavy atom. The second kappa shape index (κ2) is 12.3. The van der Waals surface area contributed by atoms with Crippen LogP contribution in [0, 0.1) is 0 Å². The predicted octanol–water partition coefficient (Wildman–Crippen LogP) is 0.844. The molecule has 4 atom stereocenters. The van der Waals surface area contributed by atoms with Crippen molar-refractivity contribution in [2.75, 3.05) is 6.61 Å². The van der Waals surface area contributed by atoms with Crippen molar-refractivity contribution in [3.8, 4) is 0 Å². The van der Waals surface area contributed by atoms with Crippen LogP contribution in [-0.4, -0.2) is 71.0 Å². The van der Waals surface area contributed by atoms with Gasteiger partial charge < -0.3 is 25.0 Å². The highest BCUT2D eigenvalue weighted by atomic mass is 16.5. The van der Waals surface area contributed by atoms with Gasteiger partial charge in [-0.25, -0.2) is 4.79 Å². The summed E-state index contributed by atoms with van der Waals surface area (Å²) in [6.07, 6.45) is 1.46. The molecule has 1 aliphatic carbocycles. The molecule has 170 valence electrons. The molecule has 1 rings (SSSR count). The third-order valence-electron chi connectivity index (χ3n) is 4.85. The van der Waals surface area contributed by atoms with Crippen LogP contribution in [0.3, 0.4) is 0 Å². The smallest absolute Gasteiger partial charge is 0.333 e. The molecule has 0 aliphatic heterocycles. The lowest BCUT2D eigenvalue weighted by Gasteiger charge is -2.40. The molecule has 10 nitrogen and oxygen atoms in total. The van der Waals surface area contributed by atoms with Crippen molar-refractivity contribution < 1.29 is 38.9 Å². The largest absolute Gasteiger partial charge is 0.481 e. The summed E-state index contributed by atoms with van der Waals surface area (Å²) in [5, 5.41) is 24.1. The minimum atomic E-state index is -1.39. The summed E-state index contributed by atoms with van der Waals surface area (Å²) in [4.78, 5) is 46.8. The molecule has 10 heteroatoms. The van der Waals surface area contributed by atoms with Gasteiger partial charge in [0.25, 0.3) is 0 Å². The predicted molar refractivity (Wildman–Crippen MR) is 107 cm³/mol. The first kappa shape index (κ1) is 25.6. The van der Waals surface area contributed by atoms with E-state index in [0.717, 1.165) is 0 Å². The van der Waals surface area contributed by atoms with E-state index in [9.17, 15) is 24.3 Å². The van der Waals surface area contributed by atoms with Gasteiger partial charge in [-0.05, 0) is 25.8 Å². The molecule has 0 bridgehead atoms. The Morgan fingerprint density at radius 3 is 2.27 bits per heavy atom. The molecule has 0 aromatic rings. The molecule has 1 unspecified atom stereocenters. The number of hydrogen-bond donors (Lipinski definition) is 4. The molecule has 30 heavy (non-hydrogen) atoms. The molecule has 0 fully saturated rings. The van der Waals surface area contributed by atoms with E-state index in [1.807, 2.05) is 13.8 Å². The Morgan fingerprint density at radius 2 is 1.80 bits per heavy atom. The third-order valence-corrected chi connectivity index (χ3v) is 4.85. The second-order valence-corrected chi connectivity index (χ2v) is 7.14. The van der Waals surface area contributed by atoms with Crippen molar-refractivity contribution in [2.24, 2.45) is 0 Å². The van der Waals surface area contributed by atoms with Crippen molar-refractivity contribution in [3.05, 3.63) is 11.6 Å². The van der Waals surface area contributed by atoms with E-state index in [-0.39, 0.29) is 25.0 Å². The van der Waals surface area contributed by atoms with Gasteiger partial charge in [0, 0.05) is 18.9 Å². The Kier molecular flexibility index (Phi) is 10.5.